The molecule has 0 aromatic carbocycles. The maximum atomic E-state index is 5.70. The molecule has 0 spiro atoms. The quantitative estimate of drug-likeness (QED) is 0.869. The molecule has 4 nitrogen and oxygen atoms in total. The van der Waals surface area contributed by atoms with Crippen LogP contribution in [0.5, 0.6) is 0 Å². The minimum absolute atomic E-state index is 0.589. The number of hydrogen-bond acceptors (Lipinski definition) is 4. The van der Waals surface area contributed by atoms with Crippen LogP contribution in [0.4, 0.5) is 5.82 Å². The summed E-state index contributed by atoms with van der Waals surface area (Å²) in [7, 11) is 0. The highest BCUT2D eigenvalue weighted by atomic mass is 15.2. The van der Waals surface area contributed by atoms with Crippen molar-refractivity contribution in [2.45, 2.75) is 13.3 Å². The summed E-state index contributed by atoms with van der Waals surface area (Å²) in [5, 5.41) is 0. The van der Waals surface area contributed by atoms with Gasteiger partial charge in [-0.15, -0.1) is 0 Å². The lowest BCUT2D eigenvalue weighted by Crippen LogP contribution is -2.35. The highest BCUT2D eigenvalue weighted by Crippen LogP contribution is 2.13. The van der Waals surface area contributed by atoms with Gasteiger partial charge in [0.2, 0.25) is 0 Å². The number of aromatic nitrogens is 1. The van der Waals surface area contributed by atoms with E-state index in [9.17, 15) is 0 Å². The first-order valence-electron chi connectivity index (χ1n) is 6.88. The molecular weight excluding hydrogens is 224 g/mol. The molecule has 1 fully saturated rings. The van der Waals surface area contributed by atoms with E-state index in [-0.39, 0.29) is 0 Å². The van der Waals surface area contributed by atoms with Gasteiger partial charge in [-0.25, -0.2) is 4.98 Å². The predicted octanol–water partition coefficient (Wildman–Crippen LogP) is 1.19. The molecule has 1 aliphatic heterocycles. The van der Waals surface area contributed by atoms with Crippen LogP contribution in [0.2, 0.25) is 0 Å². The Balaban J connectivity index is 1.89. The van der Waals surface area contributed by atoms with Crippen LogP contribution >= 0.6 is 0 Å². The van der Waals surface area contributed by atoms with Crippen molar-refractivity contribution in [3.63, 3.8) is 0 Å². The van der Waals surface area contributed by atoms with Gasteiger partial charge in [-0.1, -0.05) is 13.0 Å². The molecule has 2 heterocycles. The third kappa shape index (κ3) is 3.68. The lowest BCUT2D eigenvalue weighted by Gasteiger charge is -2.24. The fraction of sp³-hybridized carbons (Fsp3) is 0.643. The highest BCUT2D eigenvalue weighted by molar-refractivity contribution is 5.37. The second-order valence-corrected chi connectivity index (χ2v) is 5.17. The number of pyridine rings is 1. The van der Waals surface area contributed by atoms with Crippen LogP contribution in [0.3, 0.4) is 0 Å². The summed E-state index contributed by atoms with van der Waals surface area (Å²) in [6.07, 6.45) is 3.07. The van der Waals surface area contributed by atoms with Crippen LogP contribution in [-0.4, -0.2) is 49.2 Å². The zero-order chi connectivity index (χ0) is 12.8. The van der Waals surface area contributed by atoms with E-state index in [1.54, 1.807) is 0 Å². The molecule has 1 atom stereocenters. The molecule has 100 valence electrons. The van der Waals surface area contributed by atoms with Gasteiger partial charge in [-0.3, -0.25) is 0 Å². The average Bonchev–Trinajstić information content (AvgIpc) is 2.65. The maximum Gasteiger partial charge on any atom is 0.128 e. The Morgan fingerprint density at radius 2 is 2.17 bits per heavy atom. The molecule has 18 heavy (non-hydrogen) atoms. The largest absolute Gasteiger partial charge is 0.355 e. The summed E-state index contributed by atoms with van der Waals surface area (Å²) in [5.74, 6) is 1.69. The molecule has 1 saturated heterocycles. The summed E-state index contributed by atoms with van der Waals surface area (Å²) >= 11 is 0. The lowest BCUT2D eigenvalue weighted by molar-refractivity contribution is 0.255. The summed E-state index contributed by atoms with van der Waals surface area (Å²) in [5.41, 5.74) is 5.70. The van der Waals surface area contributed by atoms with E-state index < -0.39 is 0 Å². The third-order valence-corrected chi connectivity index (χ3v) is 3.53. The van der Waals surface area contributed by atoms with Gasteiger partial charge in [0.1, 0.15) is 5.82 Å². The first-order chi connectivity index (χ1) is 8.79. The van der Waals surface area contributed by atoms with Crippen molar-refractivity contribution >= 4 is 5.82 Å². The summed E-state index contributed by atoms with van der Waals surface area (Å²) in [6, 6.07) is 6.12. The van der Waals surface area contributed by atoms with Crippen molar-refractivity contribution in [2.24, 2.45) is 11.7 Å². The Bertz CT molecular complexity index is 341. The van der Waals surface area contributed by atoms with E-state index in [1.165, 1.54) is 13.0 Å². The van der Waals surface area contributed by atoms with E-state index in [2.05, 4.69) is 33.8 Å². The van der Waals surface area contributed by atoms with Crippen LogP contribution in [-0.2, 0) is 0 Å². The lowest BCUT2D eigenvalue weighted by atomic mass is 10.1. The van der Waals surface area contributed by atoms with Crippen LogP contribution < -0.4 is 10.6 Å². The molecule has 0 saturated carbocycles. The third-order valence-electron chi connectivity index (χ3n) is 3.53. The van der Waals surface area contributed by atoms with Crippen LogP contribution in [0.15, 0.2) is 24.4 Å². The molecule has 0 radical (unpaired) electrons. The summed E-state index contributed by atoms with van der Waals surface area (Å²) < 4.78 is 0. The molecular formula is C14H24N4. The Morgan fingerprint density at radius 1 is 1.28 bits per heavy atom. The van der Waals surface area contributed by atoms with E-state index in [0.29, 0.717) is 5.92 Å². The van der Waals surface area contributed by atoms with Crippen molar-refractivity contribution < 1.29 is 0 Å². The Morgan fingerprint density at radius 3 is 2.89 bits per heavy atom. The number of anilines is 1. The highest BCUT2D eigenvalue weighted by Gasteiger charge is 2.16. The zero-order valence-electron chi connectivity index (χ0n) is 11.3. The fourth-order valence-electron chi connectivity index (χ4n) is 2.44. The molecule has 0 amide bonds. The van der Waals surface area contributed by atoms with Crippen molar-refractivity contribution in [3.8, 4) is 0 Å². The first-order valence-corrected chi connectivity index (χ1v) is 6.88. The van der Waals surface area contributed by atoms with Gasteiger partial charge in [-0.05, 0) is 37.6 Å². The standard InChI is InChI=1S/C14H24N4/c1-13(11-15)12-17-7-4-8-18(10-9-17)14-5-2-3-6-16-14/h2-3,5-6,13H,4,7-12,15H2,1H3. The van der Waals surface area contributed by atoms with Gasteiger partial charge >= 0.3 is 0 Å². The molecule has 4 heteroatoms. The number of hydrogen-bond donors (Lipinski definition) is 1. The van der Waals surface area contributed by atoms with Gasteiger partial charge < -0.3 is 15.5 Å². The van der Waals surface area contributed by atoms with E-state index >= 15 is 0 Å². The number of nitrogens with two attached hydrogens (primary N) is 1. The molecule has 1 aromatic heterocycles. The smallest absolute Gasteiger partial charge is 0.128 e. The molecule has 1 aromatic rings. The normalized spacial score (nSPS) is 19.6. The van der Waals surface area contributed by atoms with Gasteiger partial charge in [-0.2, -0.15) is 0 Å². The van der Waals surface area contributed by atoms with Crippen LogP contribution in [0.1, 0.15) is 13.3 Å². The van der Waals surface area contributed by atoms with Gasteiger partial charge in [0.05, 0.1) is 0 Å². The molecule has 0 bridgehead atoms. The maximum absolute atomic E-state index is 5.70. The van der Waals surface area contributed by atoms with E-state index in [0.717, 1.165) is 38.5 Å². The molecule has 1 aliphatic rings. The van der Waals surface area contributed by atoms with Gasteiger partial charge in [0.25, 0.3) is 0 Å². The predicted molar refractivity (Wildman–Crippen MR) is 75.7 cm³/mol. The minimum atomic E-state index is 0.589. The molecule has 1 unspecified atom stereocenters. The number of nitrogens with zero attached hydrogens (tertiary/aromatic N) is 3. The topological polar surface area (TPSA) is 45.4 Å². The van der Waals surface area contributed by atoms with Crippen molar-refractivity contribution in [3.05, 3.63) is 24.4 Å². The second kappa shape index (κ2) is 6.71. The molecule has 2 rings (SSSR count). The Hall–Kier alpha value is -1.13. The van der Waals surface area contributed by atoms with Gasteiger partial charge in [0.15, 0.2) is 0 Å². The van der Waals surface area contributed by atoms with Crippen molar-refractivity contribution in [1.82, 2.24) is 9.88 Å². The SMILES string of the molecule is CC(CN)CN1CCCN(c2ccccn2)CC1. The Labute approximate surface area is 110 Å². The summed E-state index contributed by atoms with van der Waals surface area (Å²) in [6.45, 7) is 8.57. The minimum Gasteiger partial charge on any atom is -0.355 e. The Kier molecular flexibility index (Phi) is 4.96. The molecule has 2 N–H and O–H groups in total. The zero-order valence-corrected chi connectivity index (χ0v) is 11.3. The van der Waals surface area contributed by atoms with Crippen LogP contribution in [0, 0.1) is 5.92 Å². The van der Waals surface area contributed by atoms with Crippen molar-refractivity contribution in [2.75, 3.05) is 44.2 Å². The van der Waals surface area contributed by atoms with E-state index in [4.69, 9.17) is 5.73 Å². The second-order valence-electron chi connectivity index (χ2n) is 5.17. The fourth-order valence-corrected chi connectivity index (χ4v) is 2.44. The molecule has 0 aliphatic carbocycles. The van der Waals surface area contributed by atoms with Crippen LogP contribution in [0.25, 0.3) is 0 Å². The number of rotatable bonds is 4. The van der Waals surface area contributed by atoms with Crippen molar-refractivity contribution in [1.29, 1.82) is 0 Å². The first kappa shape index (κ1) is 13.3. The summed E-state index contributed by atoms with van der Waals surface area (Å²) in [4.78, 5) is 9.34. The van der Waals surface area contributed by atoms with Gasteiger partial charge in [0, 0.05) is 32.4 Å². The average molecular weight is 248 g/mol. The van der Waals surface area contributed by atoms with E-state index in [1.807, 2.05) is 12.3 Å². The monoisotopic (exact) mass is 248 g/mol.